The van der Waals surface area contributed by atoms with Gasteiger partial charge in [0.15, 0.2) is 5.13 Å². The van der Waals surface area contributed by atoms with Crippen LogP contribution in [0.5, 0.6) is 11.8 Å². The highest BCUT2D eigenvalue weighted by Gasteiger charge is 2.24. The van der Waals surface area contributed by atoms with E-state index in [1.807, 2.05) is 48.5 Å². The SMILES string of the molecule is CC(C)(C)c1ccc(-c2cccnc2)c(NC(=O)Nc2cnc(Oc3ccc(-c4cnc(N5CCCC5=O)s4)cc3)nc2)c1. The third-order valence-electron chi connectivity index (χ3n) is 7.14. The molecule has 44 heavy (non-hydrogen) atoms. The number of urea groups is 1. The first-order valence-electron chi connectivity index (χ1n) is 14.2. The molecule has 11 heteroatoms. The molecule has 0 bridgehead atoms. The van der Waals surface area contributed by atoms with E-state index in [2.05, 4.69) is 57.4 Å². The Labute approximate surface area is 259 Å². The van der Waals surface area contributed by atoms with Crippen molar-refractivity contribution in [2.45, 2.75) is 39.0 Å². The van der Waals surface area contributed by atoms with Crippen LogP contribution in [-0.2, 0) is 10.2 Å². The van der Waals surface area contributed by atoms with Crippen molar-refractivity contribution in [2.75, 3.05) is 22.1 Å². The highest BCUT2D eigenvalue weighted by Crippen LogP contribution is 2.35. The molecule has 0 unspecified atom stereocenters. The zero-order valence-corrected chi connectivity index (χ0v) is 25.4. The number of benzene rings is 2. The highest BCUT2D eigenvalue weighted by atomic mass is 32.1. The minimum Gasteiger partial charge on any atom is -0.424 e. The predicted molar refractivity (Wildman–Crippen MR) is 172 cm³/mol. The number of amides is 3. The van der Waals surface area contributed by atoms with Gasteiger partial charge in [0.2, 0.25) is 5.91 Å². The number of carbonyl (C=O) groups excluding carboxylic acids is 2. The van der Waals surface area contributed by atoms with Crippen molar-refractivity contribution in [3.63, 3.8) is 0 Å². The Kier molecular flexibility index (Phi) is 8.03. The second-order valence-corrected chi connectivity index (χ2v) is 12.4. The van der Waals surface area contributed by atoms with Gasteiger partial charge in [-0.3, -0.25) is 14.7 Å². The standard InChI is InChI=1S/C33H31N7O3S/c1-33(2,3)23-10-13-26(22-6-4-14-34-17-22)27(16-23)39-30(42)38-24-18-35-31(36-19-24)43-25-11-8-21(9-12-25)28-20-37-32(44-28)40-15-5-7-29(40)41/h4,6,8-14,16-20H,5,7,15H2,1-3H3,(H2,38,39,42). The Morgan fingerprint density at radius 1 is 0.932 bits per heavy atom. The second-order valence-electron chi connectivity index (χ2n) is 11.4. The number of hydrogen-bond donors (Lipinski definition) is 2. The number of aromatic nitrogens is 4. The van der Waals surface area contributed by atoms with Crippen molar-refractivity contribution in [3.8, 4) is 33.3 Å². The van der Waals surface area contributed by atoms with Gasteiger partial charge in [-0.1, -0.05) is 50.3 Å². The summed E-state index contributed by atoms with van der Waals surface area (Å²) >= 11 is 1.49. The van der Waals surface area contributed by atoms with Crippen LogP contribution in [0.1, 0.15) is 39.2 Å². The number of nitrogens with zero attached hydrogens (tertiary/aromatic N) is 5. The van der Waals surface area contributed by atoms with Crippen molar-refractivity contribution >= 4 is 39.8 Å². The minimum absolute atomic E-state index is 0.0932. The molecule has 2 N–H and O–H groups in total. The third kappa shape index (κ3) is 6.57. The summed E-state index contributed by atoms with van der Waals surface area (Å²) in [5, 5.41) is 6.50. The molecule has 1 fully saturated rings. The molecule has 0 radical (unpaired) electrons. The van der Waals surface area contributed by atoms with Gasteiger partial charge in [-0.15, -0.1) is 0 Å². The summed E-state index contributed by atoms with van der Waals surface area (Å²) < 4.78 is 5.81. The van der Waals surface area contributed by atoms with Gasteiger partial charge < -0.3 is 15.4 Å². The third-order valence-corrected chi connectivity index (χ3v) is 8.21. The molecular weight excluding hydrogens is 574 g/mol. The van der Waals surface area contributed by atoms with Crippen molar-refractivity contribution in [2.24, 2.45) is 0 Å². The fourth-order valence-corrected chi connectivity index (χ4v) is 5.74. The number of anilines is 3. The van der Waals surface area contributed by atoms with E-state index < -0.39 is 6.03 Å². The molecule has 3 amide bonds. The number of pyridine rings is 1. The maximum atomic E-state index is 13.0. The highest BCUT2D eigenvalue weighted by molar-refractivity contribution is 7.19. The molecule has 5 aromatic rings. The van der Waals surface area contributed by atoms with Crippen LogP contribution >= 0.6 is 11.3 Å². The van der Waals surface area contributed by atoms with Crippen molar-refractivity contribution < 1.29 is 14.3 Å². The predicted octanol–water partition coefficient (Wildman–Crippen LogP) is 7.52. The van der Waals surface area contributed by atoms with Gasteiger partial charge in [-0.05, 0) is 59.4 Å². The number of carbonyl (C=O) groups is 2. The summed E-state index contributed by atoms with van der Waals surface area (Å²) in [7, 11) is 0. The summed E-state index contributed by atoms with van der Waals surface area (Å²) in [6, 6.07) is 17.1. The number of nitrogens with one attached hydrogen (secondary N) is 2. The summed E-state index contributed by atoms with van der Waals surface area (Å²) in [6.45, 7) is 7.10. The van der Waals surface area contributed by atoms with E-state index in [4.69, 9.17) is 4.74 Å². The van der Waals surface area contributed by atoms with E-state index in [-0.39, 0.29) is 17.3 Å². The summed E-state index contributed by atoms with van der Waals surface area (Å²) in [6.07, 6.45) is 9.69. The van der Waals surface area contributed by atoms with Gasteiger partial charge in [-0.25, -0.2) is 19.7 Å². The second kappa shape index (κ2) is 12.2. The zero-order valence-electron chi connectivity index (χ0n) is 24.6. The van der Waals surface area contributed by atoms with Crippen LogP contribution in [0.3, 0.4) is 0 Å². The van der Waals surface area contributed by atoms with Crippen LogP contribution in [0.15, 0.2) is 85.6 Å². The van der Waals surface area contributed by atoms with Gasteiger partial charge >= 0.3 is 12.0 Å². The molecule has 6 rings (SSSR count). The van der Waals surface area contributed by atoms with Crippen LogP contribution in [0.25, 0.3) is 21.6 Å². The zero-order chi connectivity index (χ0) is 30.7. The Hall–Kier alpha value is -5.16. The summed E-state index contributed by atoms with van der Waals surface area (Å²) in [5.74, 6) is 0.686. The van der Waals surface area contributed by atoms with E-state index in [9.17, 15) is 9.59 Å². The number of rotatable bonds is 7. The minimum atomic E-state index is -0.422. The molecular formula is C33H31N7O3S. The van der Waals surface area contributed by atoms with E-state index in [0.29, 0.717) is 23.5 Å². The van der Waals surface area contributed by atoms with E-state index in [1.165, 1.54) is 23.7 Å². The number of thiazole rings is 1. The molecule has 1 saturated heterocycles. The lowest BCUT2D eigenvalue weighted by Gasteiger charge is -2.22. The smallest absolute Gasteiger partial charge is 0.323 e. The van der Waals surface area contributed by atoms with Crippen LogP contribution in [-0.4, -0.2) is 38.4 Å². The quantitative estimate of drug-likeness (QED) is 0.197. The van der Waals surface area contributed by atoms with Gasteiger partial charge in [0.1, 0.15) is 5.75 Å². The van der Waals surface area contributed by atoms with Gasteiger partial charge in [-0.2, -0.15) is 0 Å². The lowest BCUT2D eigenvalue weighted by Crippen LogP contribution is -2.23. The molecule has 3 aromatic heterocycles. The maximum absolute atomic E-state index is 13.0. The normalized spacial score (nSPS) is 13.2. The Morgan fingerprint density at radius 2 is 1.73 bits per heavy atom. The largest absolute Gasteiger partial charge is 0.424 e. The Balaban J connectivity index is 1.09. The monoisotopic (exact) mass is 605 g/mol. The molecule has 2 aromatic carbocycles. The molecule has 222 valence electrons. The Bertz CT molecular complexity index is 1780. The molecule has 4 heterocycles. The fraction of sp³-hybridized carbons (Fsp3) is 0.212. The van der Waals surface area contributed by atoms with Crippen LogP contribution in [0.2, 0.25) is 0 Å². The summed E-state index contributed by atoms with van der Waals surface area (Å²) in [5.41, 5.74) is 4.82. The van der Waals surface area contributed by atoms with Crippen molar-refractivity contribution in [1.29, 1.82) is 0 Å². The van der Waals surface area contributed by atoms with Crippen molar-refractivity contribution in [3.05, 3.63) is 91.1 Å². The molecule has 0 aliphatic carbocycles. The van der Waals surface area contributed by atoms with Crippen molar-refractivity contribution in [1.82, 2.24) is 19.9 Å². The van der Waals surface area contributed by atoms with E-state index >= 15 is 0 Å². The van der Waals surface area contributed by atoms with Crippen LogP contribution < -0.4 is 20.3 Å². The molecule has 1 aliphatic heterocycles. The molecule has 0 atom stereocenters. The first-order valence-corrected chi connectivity index (χ1v) is 15.0. The van der Waals surface area contributed by atoms with Crippen LogP contribution in [0.4, 0.5) is 21.3 Å². The average Bonchev–Trinajstić information content (AvgIpc) is 3.67. The lowest BCUT2D eigenvalue weighted by atomic mass is 9.85. The molecule has 0 spiro atoms. The average molecular weight is 606 g/mol. The number of ether oxygens (including phenoxy) is 1. The van der Waals surface area contributed by atoms with E-state index in [0.717, 1.165) is 45.2 Å². The van der Waals surface area contributed by atoms with Gasteiger partial charge in [0, 0.05) is 42.7 Å². The van der Waals surface area contributed by atoms with Crippen LogP contribution in [0, 0.1) is 0 Å². The van der Waals surface area contributed by atoms with Gasteiger partial charge in [0.25, 0.3) is 0 Å². The summed E-state index contributed by atoms with van der Waals surface area (Å²) in [4.78, 5) is 44.9. The molecule has 10 nitrogen and oxygen atoms in total. The fourth-order valence-electron chi connectivity index (χ4n) is 4.77. The molecule has 1 aliphatic rings. The topological polar surface area (TPSA) is 122 Å². The first-order chi connectivity index (χ1) is 21.2. The first kappa shape index (κ1) is 28.9. The molecule has 0 saturated carbocycles. The van der Waals surface area contributed by atoms with E-state index in [1.54, 1.807) is 23.5 Å². The maximum Gasteiger partial charge on any atom is 0.323 e. The Morgan fingerprint density at radius 3 is 2.41 bits per heavy atom. The lowest BCUT2D eigenvalue weighted by molar-refractivity contribution is -0.117. The van der Waals surface area contributed by atoms with Gasteiger partial charge in [0.05, 0.1) is 28.6 Å². The number of hydrogen-bond acceptors (Lipinski definition) is 8.